The molecule has 0 bridgehead atoms. The molecule has 0 radical (unpaired) electrons. The number of nitrogens with one attached hydrogen (secondary N) is 1. The van der Waals surface area contributed by atoms with Crippen LogP contribution in [0, 0.1) is 24.2 Å². The molecule has 152 valence electrons. The standard InChI is InChI=1S/C25H26N4O/c1-5-17-11-19(18-9-7-6-8-10-18)13-20(12-17)25(15(2)3)21(14-26)23(27)30-24-22(25)16(4)28-29-24/h6-13,15H,5,27H2,1-4H3,(H,28,29). The van der Waals surface area contributed by atoms with Gasteiger partial charge in [-0.1, -0.05) is 63.2 Å². The minimum absolute atomic E-state index is 0.0420. The van der Waals surface area contributed by atoms with Gasteiger partial charge in [0.25, 0.3) is 0 Å². The van der Waals surface area contributed by atoms with Gasteiger partial charge in [0, 0.05) is 0 Å². The number of nitriles is 1. The Morgan fingerprint density at radius 3 is 2.53 bits per heavy atom. The summed E-state index contributed by atoms with van der Waals surface area (Å²) in [7, 11) is 0. The van der Waals surface area contributed by atoms with E-state index in [0.717, 1.165) is 34.4 Å². The van der Waals surface area contributed by atoms with E-state index in [1.165, 1.54) is 5.56 Å². The number of rotatable bonds is 4. The number of hydrogen-bond donors (Lipinski definition) is 2. The Kier molecular flexibility index (Phi) is 4.87. The summed E-state index contributed by atoms with van der Waals surface area (Å²) < 4.78 is 5.77. The zero-order valence-corrected chi connectivity index (χ0v) is 17.8. The highest BCUT2D eigenvalue weighted by Crippen LogP contribution is 2.53. The van der Waals surface area contributed by atoms with Crippen molar-refractivity contribution in [3.8, 4) is 23.1 Å². The summed E-state index contributed by atoms with van der Waals surface area (Å²) in [4.78, 5) is 0. The topological polar surface area (TPSA) is 87.7 Å². The minimum atomic E-state index is -0.752. The van der Waals surface area contributed by atoms with Crippen molar-refractivity contribution in [2.24, 2.45) is 11.7 Å². The molecule has 2 aromatic carbocycles. The molecular formula is C25H26N4O. The predicted octanol–water partition coefficient (Wildman–Crippen LogP) is 4.98. The van der Waals surface area contributed by atoms with Gasteiger partial charge in [0.1, 0.15) is 11.6 Å². The fourth-order valence-corrected chi connectivity index (χ4v) is 4.69. The van der Waals surface area contributed by atoms with Gasteiger partial charge in [-0.3, -0.25) is 0 Å². The molecule has 4 rings (SSSR count). The number of allylic oxidation sites excluding steroid dienone is 1. The van der Waals surface area contributed by atoms with Crippen LogP contribution in [0.1, 0.15) is 43.2 Å². The summed E-state index contributed by atoms with van der Waals surface area (Å²) in [6.45, 7) is 8.32. The molecule has 1 aliphatic rings. The third kappa shape index (κ3) is 2.80. The first-order valence-corrected chi connectivity index (χ1v) is 10.3. The van der Waals surface area contributed by atoms with Gasteiger partial charge in [0.05, 0.1) is 16.7 Å². The lowest BCUT2D eigenvalue weighted by molar-refractivity contribution is 0.323. The van der Waals surface area contributed by atoms with Gasteiger partial charge in [-0.2, -0.15) is 10.4 Å². The highest BCUT2D eigenvalue weighted by molar-refractivity contribution is 5.69. The number of hydrogen-bond acceptors (Lipinski definition) is 4. The molecule has 3 N–H and O–H groups in total. The fourth-order valence-electron chi connectivity index (χ4n) is 4.69. The molecule has 0 saturated carbocycles. The maximum atomic E-state index is 10.2. The van der Waals surface area contributed by atoms with E-state index in [0.29, 0.717) is 11.5 Å². The van der Waals surface area contributed by atoms with Crippen molar-refractivity contribution in [3.63, 3.8) is 0 Å². The number of nitrogens with two attached hydrogens (primary N) is 1. The van der Waals surface area contributed by atoms with Crippen molar-refractivity contribution in [3.05, 3.63) is 82.4 Å². The van der Waals surface area contributed by atoms with E-state index in [2.05, 4.69) is 67.4 Å². The number of H-pyrrole nitrogens is 1. The Balaban J connectivity index is 2.10. The van der Waals surface area contributed by atoms with Crippen LogP contribution in [-0.2, 0) is 11.8 Å². The molecule has 3 aromatic rings. The van der Waals surface area contributed by atoms with Crippen LogP contribution in [0.4, 0.5) is 0 Å². The first-order valence-electron chi connectivity index (χ1n) is 10.3. The molecule has 2 heterocycles. The second-order valence-electron chi connectivity index (χ2n) is 8.07. The Hall–Kier alpha value is -3.52. The van der Waals surface area contributed by atoms with Crippen LogP contribution in [-0.4, -0.2) is 10.2 Å². The van der Waals surface area contributed by atoms with Gasteiger partial charge in [0.2, 0.25) is 11.8 Å². The van der Waals surface area contributed by atoms with E-state index in [9.17, 15) is 5.26 Å². The van der Waals surface area contributed by atoms with E-state index in [4.69, 9.17) is 10.5 Å². The van der Waals surface area contributed by atoms with E-state index < -0.39 is 5.41 Å². The molecule has 1 unspecified atom stereocenters. The minimum Gasteiger partial charge on any atom is -0.422 e. The maximum absolute atomic E-state index is 10.2. The predicted molar refractivity (Wildman–Crippen MR) is 118 cm³/mol. The van der Waals surface area contributed by atoms with Crippen molar-refractivity contribution in [2.75, 3.05) is 0 Å². The van der Waals surface area contributed by atoms with E-state index in [1.807, 2.05) is 25.1 Å². The zero-order valence-electron chi connectivity index (χ0n) is 17.8. The van der Waals surface area contributed by atoms with Crippen LogP contribution >= 0.6 is 0 Å². The molecule has 5 nitrogen and oxygen atoms in total. The van der Waals surface area contributed by atoms with Gasteiger partial charge in [0.15, 0.2) is 0 Å². The lowest BCUT2D eigenvalue weighted by atomic mass is 9.61. The Morgan fingerprint density at radius 1 is 1.17 bits per heavy atom. The average molecular weight is 399 g/mol. The fraction of sp³-hybridized carbons (Fsp3) is 0.280. The van der Waals surface area contributed by atoms with Crippen molar-refractivity contribution in [1.82, 2.24) is 10.2 Å². The molecule has 1 aromatic heterocycles. The van der Waals surface area contributed by atoms with Gasteiger partial charge in [-0.25, -0.2) is 5.10 Å². The number of ether oxygens (including phenoxy) is 1. The van der Waals surface area contributed by atoms with Crippen LogP contribution in [0.5, 0.6) is 5.88 Å². The van der Waals surface area contributed by atoms with Gasteiger partial charge in [-0.05, 0) is 47.6 Å². The summed E-state index contributed by atoms with van der Waals surface area (Å²) in [6.07, 6.45) is 0.886. The normalized spacial score (nSPS) is 18.1. The number of fused-ring (bicyclic) bond motifs is 1. The van der Waals surface area contributed by atoms with Crippen LogP contribution in [0.25, 0.3) is 11.1 Å². The number of benzene rings is 2. The molecule has 0 fully saturated rings. The smallest absolute Gasteiger partial charge is 0.222 e. The van der Waals surface area contributed by atoms with Gasteiger partial charge < -0.3 is 10.5 Å². The summed E-state index contributed by atoms with van der Waals surface area (Å²) in [5.41, 5.74) is 12.1. The number of nitrogens with zero attached hydrogens (tertiary/aromatic N) is 2. The molecule has 1 atom stereocenters. The highest BCUT2D eigenvalue weighted by Gasteiger charge is 2.50. The first-order chi connectivity index (χ1) is 14.4. The largest absolute Gasteiger partial charge is 0.422 e. The van der Waals surface area contributed by atoms with Crippen LogP contribution in [0.2, 0.25) is 0 Å². The highest BCUT2D eigenvalue weighted by atomic mass is 16.5. The molecule has 0 aliphatic carbocycles. The molecule has 1 aliphatic heterocycles. The van der Waals surface area contributed by atoms with Crippen molar-refractivity contribution in [2.45, 2.75) is 39.5 Å². The average Bonchev–Trinajstić information content (AvgIpc) is 3.13. The third-order valence-electron chi connectivity index (χ3n) is 6.10. The maximum Gasteiger partial charge on any atom is 0.222 e. The molecule has 5 heteroatoms. The SMILES string of the molecule is CCc1cc(-c2ccccc2)cc(C2(C(C)C)C(C#N)=C(N)Oc3[nH]nc(C)c32)c1. The number of aromatic amines is 1. The van der Waals surface area contributed by atoms with E-state index in [1.54, 1.807) is 0 Å². The molecule has 0 spiro atoms. The number of aryl methyl sites for hydroxylation is 2. The Bertz CT molecular complexity index is 1170. The monoisotopic (exact) mass is 398 g/mol. The first kappa shape index (κ1) is 19.8. The number of aromatic nitrogens is 2. The molecule has 0 amide bonds. The van der Waals surface area contributed by atoms with E-state index in [-0.39, 0.29) is 11.8 Å². The van der Waals surface area contributed by atoms with Gasteiger partial charge >= 0.3 is 0 Å². The van der Waals surface area contributed by atoms with Gasteiger partial charge in [-0.15, -0.1) is 0 Å². The summed E-state index contributed by atoms with van der Waals surface area (Å²) in [5.74, 6) is 0.687. The third-order valence-corrected chi connectivity index (χ3v) is 6.10. The summed E-state index contributed by atoms with van der Waals surface area (Å²) in [5, 5.41) is 17.5. The summed E-state index contributed by atoms with van der Waals surface area (Å²) in [6, 6.07) is 19.3. The Morgan fingerprint density at radius 2 is 1.90 bits per heavy atom. The van der Waals surface area contributed by atoms with Crippen molar-refractivity contribution >= 4 is 0 Å². The molecule has 30 heavy (non-hydrogen) atoms. The van der Waals surface area contributed by atoms with Crippen LogP contribution in [0.15, 0.2) is 60.0 Å². The van der Waals surface area contributed by atoms with Crippen LogP contribution in [0.3, 0.4) is 0 Å². The zero-order chi connectivity index (χ0) is 21.5. The van der Waals surface area contributed by atoms with Crippen LogP contribution < -0.4 is 10.5 Å². The van der Waals surface area contributed by atoms with Crippen molar-refractivity contribution in [1.29, 1.82) is 5.26 Å². The lowest BCUT2D eigenvalue weighted by Crippen LogP contribution is -2.41. The molecule has 0 saturated heterocycles. The quantitative estimate of drug-likeness (QED) is 0.649. The second kappa shape index (κ2) is 7.38. The molecular weight excluding hydrogens is 372 g/mol. The Labute approximate surface area is 177 Å². The lowest BCUT2D eigenvalue weighted by Gasteiger charge is -2.41. The second-order valence-corrected chi connectivity index (χ2v) is 8.07. The summed E-state index contributed by atoms with van der Waals surface area (Å²) >= 11 is 0. The van der Waals surface area contributed by atoms with E-state index >= 15 is 0 Å². The van der Waals surface area contributed by atoms with Crippen molar-refractivity contribution < 1.29 is 4.74 Å².